The number of amides is 1. The van der Waals surface area contributed by atoms with E-state index >= 15 is 0 Å². The summed E-state index contributed by atoms with van der Waals surface area (Å²) in [6.07, 6.45) is 0. The van der Waals surface area contributed by atoms with Gasteiger partial charge in [-0.1, -0.05) is 12.2 Å². The minimum absolute atomic E-state index is 0.0284. The molecule has 3 N–H and O–H groups in total. The zero-order chi connectivity index (χ0) is 14.6. The predicted octanol–water partition coefficient (Wildman–Crippen LogP) is 1.99. The van der Waals surface area contributed by atoms with Crippen molar-refractivity contribution in [2.45, 2.75) is 32.9 Å². The molecule has 19 heavy (non-hydrogen) atoms. The fourth-order valence-electron chi connectivity index (χ4n) is 1.60. The number of benzene rings is 1. The molecular weight excluding hydrogens is 258 g/mol. The lowest BCUT2D eigenvalue weighted by Gasteiger charge is -2.27. The lowest BCUT2D eigenvalue weighted by Crippen LogP contribution is -2.43. The van der Waals surface area contributed by atoms with E-state index in [4.69, 9.17) is 18.0 Å². The standard InChI is InChI=1S/C14H21N3OS/c1-9(2)17(4)10(3)14(18)16-12-7-5-11(6-8-12)13(15)19/h5-10H,1-4H3,(H2,15,19)(H,16,18). The number of hydrogen-bond donors (Lipinski definition) is 2. The molecule has 1 rings (SSSR count). The molecule has 0 heterocycles. The van der Waals surface area contributed by atoms with Crippen molar-refractivity contribution in [3.8, 4) is 0 Å². The summed E-state index contributed by atoms with van der Waals surface area (Å²) in [6.45, 7) is 6.00. The van der Waals surface area contributed by atoms with Crippen LogP contribution in [-0.4, -0.2) is 34.9 Å². The fraction of sp³-hybridized carbons (Fsp3) is 0.429. The lowest BCUT2D eigenvalue weighted by molar-refractivity contribution is -0.120. The molecule has 1 aromatic carbocycles. The molecular formula is C14H21N3OS. The van der Waals surface area contributed by atoms with E-state index in [0.29, 0.717) is 11.0 Å². The van der Waals surface area contributed by atoms with E-state index < -0.39 is 0 Å². The SMILES string of the molecule is CC(C)N(C)C(C)C(=O)Nc1ccc(C(N)=S)cc1. The normalized spacial score (nSPS) is 12.5. The van der Waals surface area contributed by atoms with E-state index in [1.807, 2.05) is 18.9 Å². The smallest absolute Gasteiger partial charge is 0.241 e. The quantitative estimate of drug-likeness (QED) is 0.809. The molecule has 0 bridgehead atoms. The highest BCUT2D eigenvalue weighted by Crippen LogP contribution is 2.11. The van der Waals surface area contributed by atoms with Crippen LogP contribution in [-0.2, 0) is 4.79 Å². The highest BCUT2D eigenvalue weighted by molar-refractivity contribution is 7.80. The maximum Gasteiger partial charge on any atom is 0.241 e. The molecule has 1 aromatic rings. The van der Waals surface area contributed by atoms with E-state index in [2.05, 4.69) is 19.2 Å². The van der Waals surface area contributed by atoms with E-state index in [1.54, 1.807) is 24.3 Å². The Labute approximate surface area is 120 Å². The van der Waals surface area contributed by atoms with Gasteiger partial charge in [-0.25, -0.2) is 0 Å². The number of nitrogens with zero attached hydrogens (tertiary/aromatic N) is 1. The molecule has 0 saturated carbocycles. The van der Waals surface area contributed by atoms with Crippen LogP contribution < -0.4 is 11.1 Å². The fourth-order valence-corrected chi connectivity index (χ4v) is 1.73. The summed E-state index contributed by atoms with van der Waals surface area (Å²) < 4.78 is 0. The molecule has 0 aliphatic heterocycles. The Bertz CT molecular complexity index is 456. The first-order valence-electron chi connectivity index (χ1n) is 6.25. The van der Waals surface area contributed by atoms with Crippen LogP contribution in [0.4, 0.5) is 5.69 Å². The summed E-state index contributed by atoms with van der Waals surface area (Å²) >= 11 is 4.88. The van der Waals surface area contributed by atoms with Crippen molar-refractivity contribution >= 4 is 28.8 Å². The summed E-state index contributed by atoms with van der Waals surface area (Å²) in [6, 6.07) is 7.33. The molecule has 0 radical (unpaired) electrons. The summed E-state index contributed by atoms with van der Waals surface area (Å²) in [7, 11) is 1.94. The van der Waals surface area contributed by atoms with Crippen LogP contribution in [0.15, 0.2) is 24.3 Å². The van der Waals surface area contributed by atoms with Gasteiger partial charge in [0.25, 0.3) is 0 Å². The Kier molecular flexibility index (Phi) is 5.44. The van der Waals surface area contributed by atoms with Gasteiger partial charge in [0.05, 0.1) is 6.04 Å². The Morgan fingerprint density at radius 2 is 1.79 bits per heavy atom. The van der Waals surface area contributed by atoms with Gasteiger partial charge in [-0.05, 0) is 52.1 Å². The number of thiocarbonyl (C=S) groups is 1. The van der Waals surface area contributed by atoms with Crippen LogP contribution in [0.25, 0.3) is 0 Å². The number of anilines is 1. The Morgan fingerprint density at radius 3 is 2.21 bits per heavy atom. The van der Waals surface area contributed by atoms with E-state index in [9.17, 15) is 4.79 Å². The number of carbonyl (C=O) groups is 1. The van der Waals surface area contributed by atoms with E-state index in [0.717, 1.165) is 11.3 Å². The summed E-state index contributed by atoms with van der Waals surface area (Å²) in [5, 5.41) is 2.88. The average Bonchev–Trinajstić information content (AvgIpc) is 2.37. The predicted molar refractivity (Wildman–Crippen MR) is 83.3 cm³/mol. The number of hydrogen-bond acceptors (Lipinski definition) is 3. The van der Waals surface area contributed by atoms with Crippen molar-refractivity contribution in [3.05, 3.63) is 29.8 Å². The van der Waals surface area contributed by atoms with Crippen LogP contribution >= 0.6 is 12.2 Å². The molecule has 0 aliphatic rings. The number of nitrogens with two attached hydrogens (primary N) is 1. The van der Waals surface area contributed by atoms with Crippen molar-refractivity contribution in [1.82, 2.24) is 4.90 Å². The average molecular weight is 279 g/mol. The molecule has 0 spiro atoms. The zero-order valence-corrected chi connectivity index (χ0v) is 12.6. The maximum atomic E-state index is 12.1. The van der Waals surface area contributed by atoms with Gasteiger partial charge in [0.2, 0.25) is 5.91 Å². The zero-order valence-electron chi connectivity index (χ0n) is 11.8. The topological polar surface area (TPSA) is 58.4 Å². The summed E-state index contributed by atoms with van der Waals surface area (Å²) in [4.78, 5) is 14.4. The van der Waals surface area contributed by atoms with Crippen molar-refractivity contribution in [2.24, 2.45) is 5.73 Å². The van der Waals surface area contributed by atoms with Crippen LogP contribution in [0.5, 0.6) is 0 Å². The Hall–Kier alpha value is -1.46. The Morgan fingerprint density at radius 1 is 1.26 bits per heavy atom. The van der Waals surface area contributed by atoms with Crippen molar-refractivity contribution < 1.29 is 4.79 Å². The summed E-state index contributed by atoms with van der Waals surface area (Å²) in [5.74, 6) is -0.0284. The lowest BCUT2D eigenvalue weighted by atomic mass is 10.2. The van der Waals surface area contributed by atoms with E-state index in [1.165, 1.54) is 0 Å². The summed E-state index contributed by atoms with van der Waals surface area (Å²) in [5.41, 5.74) is 7.06. The number of carbonyl (C=O) groups excluding carboxylic acids is 1. The highest BCUT2D eigenvalue weighted by atomic mass is 32.1. The largest absolute Gasteiger partial charge is 0.389 e. The van der Waals surface area contributed by atoms with Crippen molar-refractivity contribution in [3.63, 3.8) is 0 Å². The van der Waals surface area contributed by atoms with Gasteiger partial charge < -0.3 is 11.1 Å². The van der Waals surface area contributed by atoms with Gasteiger partial charge in [-0.3, -0.25) is 9.69 Å². The molecule has 1 amide bonds. The Balaban J connectivity index is 2.69. The van der Waals surface area contributed by atoms with Gasteiger partial charge in [0.15, 0.2) is 0 Å². The number of likely N-dealkylation sites (N-methyl/N-ethyl adjacent to an activating group) is 1. The first-order valence-corrected chi connectivity index (χ1v) is 6.66. The first kappa shape index (κ1) is 15.6. The van der Waals surface area contributed by atoms with Crippen molar-refractivity contribution in [1.29, 1.82) is 0 Å². The van der Waals surface area contributed by atoms with Gasteiger partial charge in [-0.2, -0.15) is 0 Å². The second-order valence-electron chi connectivity index (χ2n) is 4.87. The van der Waals surface area contributed by atoms with Crippen LogP contribution in [0.1, 0.15) is 26.3 Å². The monoisotopic (exact) mass is 279 g/mol. The molecule has 4 nitrogen and oxygen atoms in total. The second kappa shape index (κ2) is 6.63. The van der Waals surface area contributed by atoms with Crippen molar-refractivity contribution in [2.75, 3.05) is 12.4 Å². The first-order chi connectivity index (χ1) is 8.82. The van der Waals surface area contributed by atoms with Gasteiger partial charge in [-0.15, -0.1) is 0 Å². The van der Waals surface area contributed by atoms with Gasteiger partial charge >= 0.3 is 0 Å². The maximum absolute atomic E-state index is 12.1. The molecule has 1 unspecified atom stereocenters. The third-order valence-electron chi connectivity index (χ3n) is 3.24. The number of nitrogens with one attached hydrogen (secondary N) is 1. The van der Waals surface area contributed by atoms with Gasteiger partial charge in [0, 0.05) is 17.3 Å². The third-order valence-corrected chi connectivity index (χ3v) is 3.48. The molecule has 1 atom stereocenters. The van der Waals surface area contributed by atoms with E-state index in [-0.39, 0.29) is 11.9 Å². The second-order valence-corrected chi connectivity index (χ2v) is 5.31. The molecule has 0 aromatic heterocycles. The number of rotatable bonds is 5. The third kappa shape index (κ3) is 4.29. The van der Waals surface area contributed by atoms with Crippen LogP contribution in [0.2, 0.25) is 0 Å². The highest BCUT2D eigenvalue weighted by Gasteiger charge is 2.19. The molecule has 0 saturated heterocycles. The molecule has 0 aliphatic carbocycles. The molecule has 5 heteroatoms. The molecule has 104 valence electrons. The van der Waals surface area contributed by atoms with Gasteiger partial charge in [0.1, 0.15) is 4.99 Å². The van der Waals surface area contributed by atoms with Crippen LogP contribution in [0.3, 0.4) is 0 Å². The molecule has 0 fully saturated rings. The minimum Gasteiger partial charge on any atom is -0.389 e. The van der Waals surface area contributed by atoms with Crippen LogP contribution in [0, 0.1) is 0 Å². The minimum atomic E-state index is -0.185.